The summed E-state index contributed by atoms with van der Waals surface area (Å²) in [5.41, 5.74) is 1.25. The SMILES string of the molecule is CCCC1CCC(c2ccc(C(=O)Oc3ccc(C(C)OC(F)(F)F)c(F)c3)cc2)CC1. The Morgan fingerprint density at radius 1 is 1.06 bits per heavy atom. The Kier molecular flexibility index (Phi) is 7.93. The van der Waals surface area contributed by atoms with E-state index in [9.17, 15) is 22.4 Å². The van der Waals surface area contributed by atoms with E-state index in [4.69, 9.17) is 4.74 Å². The molecule has 32 heavy (non-hydrogen) atoms. The normalized spacial score (nSPS) is 20.1. The summed E-state index contributed by atoms with van der Waals surface area (Å²) in [6.07, 6.45) is 0.870. The highest BCUT2D eigenvalue weighted by Crippen LogP contribution is 2.37. The van der Waals surface area contributed by atoms with Crippen LogP contribution >= 0.6 is 0 Å². The second kappa shape index (κ2) is 10.5. The lowest BCUT2D eigenvalue weighted by Gasteiger charge is -2.28. The molecule has 0 bridgehead atoms. The van der Waals surface area contributed by atoms with E-state index in [-0.39, 0.29) is 11.3 Å². The van der Waals surface area contributed by atoms with Crippen LogP contribution in [0.4, 0.5) is 17.6 Å². The molecule has 0 aromatic heterocycles. The maximum atomic E-state index is 14.2. The molecule has 0 aliphatic heterocycles. The minimum Gasteiger partial charge on any atom is -0.423 e. The fourth-order valence-corrected chi connectivity index (χ4v) is 4.42. The highest BCUT2D eigenvalue weighted by Gasteiger charge is 2.33. The van der Waals surface area contributed by atoms with Crippen LogP contribution in [0.2, 0.25) is 0 Å². The van der Waals surface area contributed by atoms with E-state index in [1.165, 1.54) is 37.3 Å². The number of hydrogen-bond acceptors (Lipinski definition) is 3. The van der Waals surface area contributed by atoms with Gasteiger partial charge in [-0.05, 0) is 74.3 Å². The molecule has 1 aliphatic rings. The van der Waals surface area contributed by atoms with Gasteiger partial charge in [-0.2, -0.15) is 0 Å². The second-order valence-electron chi connectivity index (χ2n) is 8.41. The Balaban J connectivity index is 1.59. The summed E-state index contributed by atoms with van der Waals surface area (Å²) in [5.74, 6) is -0.374. The van der Waals surface area contributed by atoms with Crippen LogP contribution in [0.1, 0.15) is 85.9 Å². The molecule has 1 atom stereocenters. The van der Waals surface area contributed by atoms with Crippen molar-refractivity contribution in [2.24, 2.45) is 5.92 Å². The van der Waals surface area contributed by atoms with Crippen molar-refractivity contribution in [3.8, 4) is 5.75 Å². The minimum absolute atomic E-state index is 0.0891. The van der Waals surface area contributed by atoms with Gasteiger partial charge in [-0.25, -0.2) is 9.18 Å². The topological polar surface area (TPSA) is 35.5 Å². The molecule has 0 radical (unpaired) electrons. The van der Waals surface area contributed by atoms with Gasteiger partial charge in [0.05, 0.1) is 11.7 Å². The second-order valence-corrected chi connectivity index (χ2v) is 8.41. The molecule has 0 spiro atoms. The fourth-order valence-electron chi connectivity index (χ4n) is 4.42. The Morgan fingerprint density at radius 2 is 1.72 bits per heavy atom. The van der Waals surface area contributed by atoms with E-state index in [0.29, 0.717) is 11.5 Å². The number of ether oxygens (including phenoxy) is 2. The molecule has 0 N–H and O–H groups in total. The van der Waals surface area contributed by atoms with Crippen LogP contribution in [0.3, 0.4) is 0 Å². The summed E-state index contributed by atoms with van der Waals surface area (Å²) in [4.78, 5) is 12.4. The lowest BCUT2D eigenvalue weighted by molar-refractivity contribution is -0.342. The Labute approximate surface area is 185 Å². The van der Waals surface area contributed by atoms with Crippen LogP contribution < -0.4 is 4.74 Å². The third kappa shape index (κ3) is 6.55. The van der Waals surface area contributed by atoms with E-state index < -0.39 is 24.3 Å². The van der Waals surface area contributed by atoms with E-state index in [2.05, 4.69) is 11.7 Å². The summed E-state index contributed by atoms with van der Waals surface area (Å²) in [6.45, 7) is 3.31. The first-order valence-corrected chi connectivity index (χ1v) is 11.0. The first kappa shape index (κ1) is 24.2. The van der Waals surface area contributed by atoms with Crippen molar-refractivity contribution in [3.63, 3.8) is 0 Å². The lowest BCUT2D eigenvalue weighted by Crippen LogP contribution is -2.17. The fraction of sp³-hybridized carbons (Fsp3) is 0.480. The number of carbonyl (C=O) groups excluding carboxylic acids is 1. The van der Waals surface area contributed by atoms with Gasteiger partial charge in [-0.1, -0.05) is 31.9 Å². The van der Waals surface area contributed by atoms with Gasteiger partial charge in [0, 0.05) is 11.6 Å². The molecule has 7 heteroatoms. The highest BCUT2D eigenvalue weighted by atomic mass is 19.4. The lowest BCUT2D eigenvalue weighted by atomic mass is 9.77. The van der Waals surface area contributed by atoms with Gasteiger partial charge >= 0.3 is 12.3 Å². The van der Waals surface area contributed by atoms with E-state index in [0.717, 1.165) is 37.8 Å². The van der Waals surface area contributed by atoms with Crippen LogP contribution in [0, 0.1) is 11.7 Å². The van der Waals surface area contributed by atoms with Crippen LogP contribution in [-0.4, -0.2) is 12.3 Å². The van der Waals surface area contributed by atoms with Gasteiger partial charge in [-0.3, -0.25) is 4.74 Å². The van der Waals surface area contributed by atoms with E-state index in [1.807, 2.05) is 12.1 Å². The Bertz CT molecular complexity index is 900. The van der Waals surface area contributed by atoms with Crippen LogP contribution in [0.15, 0.2) is 42.5 Å². The highest BCUT2D eigenvalue weighted by molar-refractivity contribution is 5.91. The third-order valence-corrected chi connectivity index (χ3v) is 6.09. The zero-order valence-corrected chi connectivity index (χ0v) is 18.3. The molecule has 3 nitrogen and oxygen atoms in total. The number of carbonyl (C=O) groups is 1. The van der Waals surface area contributed by atoms with Crippen LogP contribution in [0.5, 0.6) is 5.75 Å². The Morgan fingerprint density at radius 3 is 2.28 bits per heavy atom. The van der Waals surface area contributed by atoms with Gasteiger partial charge in [0.15, 0.2) is 0 Å². The van der Waals surface area contributed by atoms with E-state index >= 15 is 0 Å². The molecule has 1 aliphatic carbocycles. The number of hydrogen-bond donors (Lipinski definition) is 0. The van der Waals surface area contributed by atoms with Gasteiger partial charge in [-0.15, -0.1) is 13.2 Å². The predicted octanol–water partition coefficient (Wildman–Crippen LogP) is 7.72. The number of alkyl halides is 3. The molecule has 1 fully saturated rings. The zero-order valence-electron chi connectivity index (χ0n) is 18.3. The molecule has 0 amide bonds. The number of rotatable bonds is 7. The average Bonchev–Trinajstić information content (AvgIpc) is 2.73. The molecule has 3 rings (SSSR count). The van der Waals surface area contributed by atoms with Crippen LogP contribution in [-0.2, 0) is 4.74 Å². The smallest absolute Gasteiger partial charge is 0.423 e. The summed E-state index contributed by atoms with van der Waals surface area (Å²) in [6, 6.07) is 10.5. The average molecular weight is 452 g/mol. The van der Waals surface area contributed by atoms with Crippen molar-refractivity contribution in [3.05, 3.63) is 65.0 Å². The first-order valence-electron chi connectivity index (χ1n) is 11.0. The first-order chi connectivity index (χ1) is 15.2. The van der Waals surface area contributed by atoms with Crippen molar-refractivity contribution in [1.82, 2.24) is 0 Å². The molecular weight excluding hydrogens is 424 g/mol. The maximum absolute atomic E-state index is 14.2. The molecular formula is C25H28F4O3. The van der Waals surface area contributed by atoms with Gasteiger partial charge in [0.25, 0.3) is 0 Å². The van der Waals surface area contributed by atoms with Crippen molar-refractivity contribution in [2.75, 3.05) is 0 Å². The molecule has 1 unspecified atom stereocenters. The summed E-state index contributed by atoms with van der Waals surface area (Å²) < 4.78 is 60.3. The van der Waals surface area contributed by atoms with Crippen LogP contribution in [0.25, 0.3) is 0 Å². The molecule has 2 aromatic carbocycles. The third-order valence-electron chi connectivity index (χ3n) is 6.09. The predicted molar refractivity (Wildman–Crippen MR) is 113 cm³/mol. The quantitative estimate of drug-likeness (QED) is 0.245. The molecule has 174 valence electrons. The van der Waals surface area contributed by atoms with Crippen molar-refractivity contribution >= 4 is 5.97 Å². The van der Waals surface area contributed by atoms with E-state index in [1.54, 1.807) is 12.1 Å². The van der Waals surface area contributed by atoms with Gasteiger partial charge in [0.1, 0.15) is 11.6 Å². The monoisotopic (exact) mass is 452 g/mol. The molecule has 2 aromatic rings. The van der Waals surface area contributed by atoms with Crippen molar-refractivity contribution in [2.45, 2.75) is 70.8 Å². The largest absolute Gasteiger partial charge is 0.523 e. The summed E-state index contributed by atoms with van der Waals surface area (Å²) in [5, 5.41) is 0. The summed E-state index contributed by atoms with van der Waals surface area (Å²) in [7, 11) is 0. The standard InChI is InChI=1S/C25H28F4O3/c1-3-4-17-5-7-18(8-6-17)19-9-11-20(12-10-19)24(30)31-21-13-14-22(23(26)15-21)16(2)32-25(27,28)29/h9-18H,3-8H2,1-2H3. The van der Waals surface area contributed by atoms with Gasteiger partial charge in [0.2, 0.25) is 0 Å². The summed E-state index contributed by atoms with van der Waals surface area (Å²) >= 11 is 0. The number of benzene rings is 2. The number of esters is 1. The van der Waals surface area contributed by atoms with Gasteiger partial charge < -0.3 is 4.74 Å². The number of halogens is 4. The molecule has 0 saturated heterocycles. The zero-order chi connectivity index (χ0) is 23.3. The maximum Gasteiger partial charge on any atom is 0.523 e. The molecule has 1 saturated carbocycles. The van der Waals surface area contributed by atoms with Crippen molar-refractivity contribution in [1.29, 1.82) is 0 Å². The molecule has 0 heterocycles. The minimum atomic E-state index is -4.88. The van der Waals surface area contributed by atoms with Crippen molar-refractivity contribution < 1.29 is 31.8 Å². The Hall–Kier alpha value is -2.41.